The minimum atomic E-state index is 0.168. The molecule has 122 valence electrons. The minimum Gasteiger partial charge on any atom is -0.376 e. The maximum atomic E-state index is 12.5. The van der Waals surface area contributed by atoms with E-state index in [-0.39, 0.29) is 18.1 Å². The van der Waals surface area contributed by atoms with Gasteiger partial charge in [0.25, 0.3) is 0 Å². The number of ether oxygens (including phenoxy) is 2. The van der Waals surface area contributed by atoms with E-state index in [2.05, 4.69) is 19.2 Å². The van der Waals surface area contributed by atoms with Crippen molar-refractivity contribution in [1.29, 1.82) is 0 Å². The lowest BCUT2D eigenvalue weighted by molar-refractivity contribution is -0.133. The molecule has 2 saturated heterocycles. The van der Waals surface area contributed by atoms with Crippen LogP contribution in [0.3, 0.4) is 0 Å². The first kappa shape index (κ1) is 16.7. The van der Waals surface area contributed by atoms with Crippen molar-refractivity contribution in [2.75, 3.05) is 32.8 Å². The number of hydrogen-bond donors (Lipinski definition) is 1. The Morgan fingerprint density at radius 1 is 1.19 bits per heavy atom. The van der Waals surface area contributed by atoms with E-state index in [1.807, 2.05) is 4.90 Å². The summed E-state index contributed by atoms with van der Waals surface area (Å²) < 4.78 is 11.4. The Bertz CT molecular complexity index is 295. The van der Waals surface area contributed by atoms with Gasteiger partial charge in [-0.25, -0.2) is 0 Å². The van der Waals surface area contributed by atoms with E-state index >= 15 is 0 Å². The van der Waals surface area contributed by atoms with Crippen LogP contribution >= 0.6 is 0 Å². The Kier molecular flexibility index (Phi) is 6.93. The number of nitrogens with one attached hydrogen (secondary N) is 1. The summed E-state index contributed by atoms with van der Waals surface area (Å²) in [6.45, 7) is 7.72. The molecule has 0 bridgehead atoms. The third-order valence-electron chi connectivity index (χ3n) is 4.46. The third-order valence-corrected chi connectivity index (χ3v) is 4.46. The minimum absolute atomic E-state index is 0.168. The van der Waals surface area contributed by atoms with Gasteiger partial charge < -0.3 is 19.7 Å². The molecule has 1 amide bonds. The molecule has 1 N–H and O–H groups in total. The largest absolute Gasteiger partial charge is 0.376 e. The van der Waals surface area contributed by atoms with Crippen LogP contribution in [0.1, 0.15) is 46.0 Å². The number of hydrogen-bond acceptors (Lipinski definition) is 4. The third kappa shape index (κ3) is 5.57. The van der Waals surface area contributed by atoms with Gasteiger partial charge in [-0.05, 0) is 39.0 Å². The van der Waals surface area contributed by atoms with Crippen LogP contribution in [0.25, 0.3) is 0 Å². The molecule has 0 spiro atoms. The van der Waals surface area contributed by atoms with E-state index in [4.69, 9.17) is 9.47 Å². The normalized spacial score (nSPS) is 27.0. The average Bonchev–Trinajstić information content (AvgIpc) is 3.17. The summed E-state index contributed by atoms with van der Waals surface area (Å²) in [5.41, 5.74) is 0. The molecule has 2 aliphatic heterocycles. The van der Waals surface area contributed by atoms with Crippen molar-refractivity contribution in [3.05, 3.63) is 0 Å². The Morgan fingerprint density at radius 3 is 2.19 bits per heavy atom. The van der Waals surface area contributed by atoms with Crippen LogP contribution in [0, 0.1) is 0 Å². The lowest BCUT2D eigenvalue weighted by atomic mass is 10.2. The van der Waals surface area contributed by atoms with Crippen LogP contribution in [-0.4, -0.2) is 61.9 Å². The van der Waals surface area contributed by atoms with Crippen LogP contribution < -0.4 is 5.32 Å². The Hall–Kier alpha value is -0.650. The molecule has 2 heterocycles. The van der Waals surface area contributed by atoms with Gasteiger partial charge in [0.2, 0.25) is 5.91 Å². The van der Waals surface area contributed by atoms with Gasteiger partial charge in [-0.3, -0.25) is 4.79 Å². The molecule has 0 aromatic heterocycles. The Balaban J connectivity index is 1.84. The first-order chi connectivity index (χ1) is 10.2. The monoisotopic (exact) mass is 298 g/mol. The van der Waals surface area contributed by atoms with Gasteiger partial charge in [-0.15, -0.1) is 0 Å². The fraction of sp³-hybridized carbons (Fsp3) is 0.938. The highest BCUT2D eigenvalue weighted by atomic mass is 16.5. The number of carbonyl (C=O) groups is 1. The highest BCUT2D eigenvalue weighted by Gasteiger charge is 2.26. The van der Waals surface area contributed by atoms with Crippen LogP contribution in [0.2, 0.25) is 0 Å². The van der Waals surface area contributed by atoms with Gasteiger partial charge in [-0.2, -0.15) is 0 Å². The van der Waals surface area contributed by atoms with E-state index in [9.17, 15) is 4.79 Å². The van der Waals surface area contributed by atoms with E-state index in [1.165, 1.54) is 0 Å². The van der Waals surface area contributed by atoms with Crippen LogP contribution in [-0.2, 0) is 14.3 Å². The zero-order chi connectivity index (χ0) is 15.1. The molecule has 2 fully saturated rings. The molecule has 2 aliphatic rings. The quantitative estimate of drug-likeness (QED) is 0.739. The molecule has 21 heavy (non-hydrogen) atoms. The Labute approximate surface area is 128 Å². The van der Waals surface area contributed by atoms with Crippen LogP contribution in [0.15, 0.2) is 0 Å². The summed E-state index contributed by atoms with van der Waals surface area (Å²) in [5.74, 6) is 0.168. The predicted molar refractivity (Wildman–Crippen MR) is 82.3 cm³/mol. The second-order valence-corrected chi connectivity index (χ2v) is 6.26. The molecule has 3 unspecified atom stereocenters. The van der Waals surface area contributed by atoms with E-state index in [0.717, 1.165) is 45.3 Å². The summed E-state index contributed by atoms with van der Waals surface area (Å²) in [6, 6.07) is 0.376. The van der Waals surface area contributed by atoms with Gasteiger partial charge >= 0.3 is 0 Å². The first-order valence-corrected chi connectivity index (χ1v) is 8.43. The van der Waals surface area contributed by atoms with Crippen molar-refractivity contribution in [3.8, 4) is 0 Å². The summed E-state index contributed by atoms with van der Waals surface area (Å²) in [5, 5.41) is 3.29. The van der Waals surface area contributed by atoms with Crippen molar-refractivity contribution < 1.29 is 14.3 Å². The fourth-order valence-electron chi connectivity index (χ4n) is 2.86. The number of nitrogens with zero attached hydrogens (tertiary/aromatic N) is 1. The molecular weight excluding hydrogens is 268 g/mol. The van der Waals surface area contributed by atoms with E-state index in [0.29, 0.717) is 25.7 Å². The maximum Gasteiger partial charge on any atom is 0.236 e. The number of amides is 1. The highest BCUT2D eigenvalue weighted by Crippen LogP contribution is 2.17. The lowest BCUT2D eigenvalue weighted by Gasteiger charge is -2.28. The average molecular weight is 298 g/mol. The molecule has 0 radical (unpaired) electrons. The van der Waals surface area contributed by atoms with Gasteiger partial charge in [0, 0.05) is 32.3 Å². The standard InChI is InChI=1S/C16H30N2O3/c1-3-13(2)17-10-16(19)18(11-14-6-4-8-20-14)12-15-7-5-9-21-15/h13-15,17H,3-12H2,1-2H3. The summed E-state index contributed by atoms with van der Waals surface area (Å²) in [7, 11) is 0. The first-order valence-electron chi connectivity index (χ1n) is 8.43. The molecule has 0 aromatic rings. The van der Waals surface area contributed by atoms with Crippen molar-refractivity contribution in [2.45, 2.75) is 64.2 Å². The number of rotatable bonds is 8. The highest BCUT2D eigenvalue weighted by molar-refractivity contribution is 5.78. The molecule has 0 aromatic carbocycles. The fourth-order valence-corrected chi connectivity index (χ4v) is 2.86. The van der Waals surface area contributed by atoms with Gasteiger partial charge in [-0.1, -0.05) is 6.92 Å². The van der Waals surface area contributed by atoms with Crippen molar-refractivity contribution >= 4 is 5.91 Å². The van der Waals surface area contributed by atoms with E-state index < -0.39 is 0 Å². The SMILES string of the molecule is CCC(C)NCC(=O)N(CC1CCCO1)CC1CCCO1. The van der Waals surface area contributed by atoms with E-state index in [1.54, 1.807) is 0 Å². The van der Waals surface area contributed by atoms with Crippen molar-refractivity contribution in [3.63, 3.8) is 0 Å². The van der Waals surface area contributed by atoms with Crippen molar-refractivity contribution in [1.82, 2.24) is 10.2 Å². The van der Waals surface area contributed by atoms with Gasteiger partial charge in [0.05, 0.1) is 18.8 Å². The zero-order valence-corrected chi connectivity index (χ0v) is 13.5. The van der Waals surface area contributed by atoms with Crippen molar-refractivity contribution in [2.24, 2.45) is 0 Å². The second-order valence-electron chi connectivity index (χ2n) is 6.26. The molecule has 5 nitrogen and oxygen atoms in total. The zero-order valence-electron chi connectivity index (χ0n) is 13.5. The predicted octanol–water partition coefficient (Wildman–Crippen LogP) is 1.56. The van der Waals surface area contributed by atoms with Crippen LogP contribution in [0.4, 0.5) is 0 Å². The molecule has 2 rings (SSSR count). The summed E-state index contributed by atoms with van der Waals surface area (Å²) >= 11 is 0. The molecule has 5 heteroatoms. The second kappa shape index (κ2) is 8.71. The molecule has 0 saturated carbocycles. The van der Waals surface area contributed by atoms with Gasteiger partial charge in [0.15, 0.2) is 0 Å². The topological polar surface area (TPSA) is 50.8 Å². The lowest BCUT2D eigenvalue weighted by Crippen LogP contribution is -2.46. The van der Waals surface area contributed by atoms with Crippen LogP contribution in [0.5, 0.6) is 0 Å². The van der Waals surface area contributed by atoms with Gasteiger partial charge in [0.1, 0.15) is 0 Å². The molecular formula is C16H30N2O3. The summed E-state index contributed by atoms with van der Waals surface area (Å²) in [6.07, 6.45) is 5.79. The smallest absolute Gasteiger partial charge is 0.236 e. The molecule has 3 atom stereocenters. The number of carbonyl (C=O) groups excluding carboxylic acids is 1. The summed E-state index contributed by atoms with van der Waals surface area (Å²) in [4.78, 5) is 14.4. The Morgan fingerprint density at radius 2 is 1.76 bits per heavy atom. The molecule has 0 aliphatic carbocycles. The maximum absolute atomic E-state index is 12.5.